The van der Waals surface area contributed by atoms with Crippen LogP contribution < -0.4 is 14.0 Å². The standard InChI is InChI=1S/C10H8ClF3O4S/c1-7-6-8-4-2-3-5-9(8)19(7,10(12,13)14)18-11(15,16)17/h2-6H,1H3. The van der Waals surface area contributed by atoms with Gasteiger partial charge in [-0.3, -0.25) is 0 Å². The average molecular weight is 317 g/mol. The largest absolute Gasteiger partial charge is 0.468 e. The highest BCUT2D eigenvalue weighted by Crippen LogP contribution is 2.77. The SMILES string of the molecule is CC1=Cc2ccccc2S1(O[Cl+3]([O-])([O-])[O-])C(F)(F)F. The molecule has 0 aromatic heterocycles. The quantitative estimate of drug-likeness (QED) is 0.799. The average Bonchev–Trinajstić information content (AvgIpc) is 2.50. The van der Waals surface area contributed by atoms with Crippen LogP contribution in [0.3, 0.4) is 0 Å². The Labute approximate surface area is 110 Å². The molecule has 0 fully saturated rings. The fourth-order valence-electron chi connectivity index (χ4n) is 1.88. The minimum Gasteiger partial charge on any atom is -0.182 e. The summed E-state index contributed by atoms with van der Waals surface area (Å²) in [6.45, 7) is 1.10. The maximum atomic E-state index is 13.3. The molecule has 4 nitrogen and oxygen atoms in total. The van der Waals surface area contributed by atoms with Gasteiger partial charge in [0, 0.05) is 9.80 Å². The van der Waals surface area contributed by atoms with Gasteiger partial charge in [-0.2, -0.15) is 27.1 Å². The lowest BCUT2D eigenvalue weighted by Gasteiger charge is -2.33. The topological polar surface area (TPSA) is 78.4 Å². The Kier molecular flexibility index (Phi) is 3.37. The number of alkyl halides is 3. The van der Waals surface area contributed by atoms with Crippen molar-refractivity contribution < 1.29 is 41.1 Å². The van der Waals surface area contributed by atoms with Crippen molar-refractivity contribution >= 4 is 16.4 Å². The summed E-state index contributed by atoms with van der Waals surface area (Å²) in [5, 5.41) is 0. The van der Waals surface area contributed by atoms with Gasteiger partial charge in [0.05, 0.1) is 10.2 Å². The smallest absolute Gasteiger partial charge is 0.182 e. The highest BCUT2D eigenvalue weighted by molar-refractivity contribution is 8.34. The molecule has 0 N–H and O–H groups in total. The van der Waals surface area contributed by atoms with Crippen LogP contribution in [0.5, 0.6) is 0 Å². The van der Waals surface area contributed by atoms with Gasteiger partial charge in [0.25, 0.3) is 0 Å². The second-order valence-corrected chi connectivity index (χ2v) is 7.65. The first-order valence-electron chi connectivity index (χ1n) is 4.87. The molecule has 106 valence electrons. The van der Waals surface area contributed by atoms with Gasteiger partial charge in [-0.1, -0.05) is 18.2 Å². The third-order valence-electron chi connectivity index (χ3n) is 2.54. The van der Waals surface area contributed by atoms with Crippen LogP contribution in [0, 0.1) is 10.2 Å². The molecule has 1 unspecified atom stereocenters. The van der Waals surface area contributed by atoms with Gasteiger partial charge in [0.15, 0.2) is 10.3 Å². The van der Waals surface area contributed by atoms with Gasteiger partial charge in [-0.25, -0.2) is 0 Å². The third-order valence-corrected chi connectivity index (χ3v) is 6.58. The van der Waals surface area contributed by atoms with E-state index in [1.54, 1.807) is 0 Å². The van der Waals surface area contributed by atoms with E-state index >= 15 is 0 Å². The Hall–Kier alpha value is -0.770. The molecule has 0 aliphatic carbocycles. The molecule has 1 aromatic rings. The molecule has 1 aliphatic heterocycles. The summed E-state index contributed by atoms with van der Waals surface area (Å²) in [6, 6.07) is 5.36. The number of hydrogen-bond acceptors (Lipinski definition) is 4. The molecule has 1 heterocycles. The van der Waals surface area contributed by atoms with Gasteiger partial charge in [0.2, 0.25) is 0 Å². The zero-order valence-electron chi connectivity index (χ0n) is 9.44. The highest BCUT2D eigenvalue weighted by atomic mass is 35.7. The number of halogens is 4. The molecule has 0 saturated heterocycles. The molecule has 0 saturated carbocycles. The van der Waals surface area contributed by atoms with E-state index in [9.17, 15) is 27.1 Å². The van der Waals surface area contributed by atoms with Crippen LogP contribution in [0.15, 0.2) is 34.1 Å². The van der Waals surface area contributed by atoms with Gasteiger partial charge in [-0.05, 0) is 24.6 Å². The maximum absolute atomic E-state index is 13.3. The zero-order chi connectivity index (χ0) is 14.5. The summed E-state index contributed by atoms with van der Waals surface area (Å²) >= 11 is 0. The molecular weight excluding hydrogens is 309 g/mol. The Morgan fingerprint density at radius 2 is 1.74 bits per heavy atom. The maximum Gasteiger partial charge on any atom is 0.468 e. The predicted molar refractivity (Wildman–Crippen MR) is 53.1 cm³/mol. The van der Waals surface area contributed by atoms with Crippen LogP contribution in [-0.2, 0) is 3.74 Å². The Bertz CT molecular complexity index is 540. The van der Waals surface area contributed by atoms with Crippen molar-refractivity contribution in [2.75, 3.05) is 0 Å². The van der Waals surface area contributed by atoms with Crippen LogP contribution in [0.2, 0.25) is 0 Å². The fraction of sp³-hybridized carbons (Fsp3) is 0.200. The van der Waals surface area contributed by atoms with Crippen molar-refractivity contribution in [2.45, 2.75) is 17.3 Å². The normalized spacial score (nSPS) is 26.6. The number of rotatable bonds is 2. The molecule has 0 bridgehead atoms. The van der Waals surface area contributed by atoms with E-state index in [-0.39, 0.29) is 15.4 Å². The first-order valence-corrected chi connectivity index (χ1v) is 7.66. The Balaban J connectivity index is 2.67. The number of benzene rings is 1. The van der Waals surface area contributed by atoms with Crippen LogP contribution in [0.1, 0.15) is 12.5 Å². The van der Waals surface area contributed by atoms with Crippen molar-refractivity contribution in [1.82, 2.24) is 0 Å². The third kappa shape index (κ3) is 2.35. The summed E-state index contributed by atoms with van der Waals surface area (Å²) in [5.74, 6) is 0. The van der Waals surface area contributed by atoms with Crippen LogP contribution >= 0.6 is 10.3 Å². The molecule has 1 aliphatic rings. The van der Waals surface area contributed by atoms with E-state index in [0.29, 0.717) is 0 Å². The number of allylic oxidation sites excluding steroid dienone is 1. The summed E-state index contributed by atoms with van der Waals surface area (Å²) in [6.07, 6.45) is 1.18. The van der Waals surface area contributed by atoms with Crippen molar-refractivity contribution in [3.8, 4) is 0 Å². The molecule has 0 radical (unpaired) electrons. The Morgan fingerprint density at radius 1 is 1.16 bits per heavy atom. The molecule has 1 atom stereocenters. The fourth-order valence-corrected chi connectivity index (χ4v) is 5.74. The lowest BCUT2D eigenvalue weighted by Crippen LogP contribution is -2.61. The monoisotopic (exact) mass is 316 g/mol. The highest BCUT2D eigenvalue weighted by Gasteiger charge is 2.66. The van der Waals surface area contributed by atoms with Crippen molar-refractivity contribution in [2.24, 2.45) is 0 Å². The van der Waals surface area contributed by atoms with Gasteiger partial charge >= 0.3 is 5.51 Å². The molecule has 0 amide bonds. The van der Waals surface area contributed by atoms with Crippen molar-refractivity contribution in [3.05, 3.63) is 34.7 Å². The van der Waals surface area contributed by atoms with Gasteiger partial charge < -0.3 is 0 Å². The first-order chi connectivity index (χ1) is 8.58. The van der Waals surface area contributed by atoms with Crippen molar-refractivity contribution in [3.63, 3.8) is 0 Å². The molecule has 2 rings (SSSR count). The Morgan fingerprint density at radius 3 is 2.26 bits per heavy atom. The minimum absolute atomic E-state index is 0.200. The summed E-state index contributed by atoms with van der Waals surface area (Å²) < 4.78 is 76.0. The van der Waals surface area contributed by atoms with Crippen LogP contribution in [0.4, 0.5) is 13.2 Å². The second kappa shape index (κ2) is 4.37. The first kappa shape index (κ1) is 14.6. The van der Waals surface area contributed by atoms with Gasteiger partial charge in [0.1, 0.15) is 3.74 Å². The van der Waals surface area contributed by atoms with Gasteiger partial charge in [-0.15, -0.1) is 0 Å². The van der Waals surface area contributed by atoms with E-state index in [0.717, 1.165) is 13.0 Å². The summed E-state index contributed by atoms with van der Waals surface area (Å²) in [7, 11) is -9.53. The summed E-state index contributed by atoms with van der Waals surface area (Å²) in [5.41, 5.74) is -4.80. The number of fused-ring (bicyclic) bond motifs is 1. The second-order valence-electron chi connectivity index (χ2n) is 3.74. The lowest BCUT2D eigenvalue weighted by atomic mass is 10.2. The van der Waals surface area contributed by atoms with E-state index in [4.69, 9.17) is 0 Å². The number of hydrogen-bond donors (Lipinski definition) is 0. The predicted octanol–water partition coefficient (Wildman–Crippen LogP) is 0.573. The van der Waals surface area contributed by atoms with E-state index in [1.165, 1.54) is 24.3 Å². The van der Waals surface area contributed by atoms with Crippen LogP contribution in [0.25, 0.3) is 6.08 Å². The molecule has 0 spiro atoms. The zero-order valence-corrected chi connectivity index (χ0v) is 11.0. The van der Waals surface area contributed by atoms with E-state index in [2.05, 4.69) is 3.74 Å². The minimum atomic E-state index is -5.20. The van der Waals surface area contributed by atoms with Crippen molar-refractivity contribution in [1.29, 1.82) is 0 Å². The molecular formula is C10H8ClF3O4S. The lowest BCUT2D eigenvalue weighted by molar-refractivity contribution is -1.91. The summed E-state index contributed by atoms with van der Waals surface area (Å²) in [4.78, 5) is -0.653. The van der Waals surface area contributed by atoms with E-state index < -0.39 is 26.1 Å². The molecule has 1 aromatic carbocycles. The molecule has 19 heavy (non-hydrogen) atoms. The van der Waals surface area contributed by atoms with Crippen LogP contribution in [-0.4, -0.2) is 5.51 Å². The van der Waals surface area contributed by atoms with E-state index in [1.807, 2.05) is 0 Å². The molecule has 9 heteroatoms.